The average Bonchev–Trinajstić information content (AvgIpc) is 3.05. The maximum absolute atomic E-state index is 11.2. The maximum Gasteiger partial charge on any atom is 0.308 e. The summed E-state index contributed by atoms with van der Waals surface area (Å²) in [6.45, 7) is 3.59. The van der Waals surface area contributed by atoms with Crippen LogP contribution >= 0.6 is 0 Å². The number of aliphatic carboxylic acids is 1. The van der Waals surface area contributed by atoms with Crippen molar-refractivity contribution < 1.29 is 14.6 Å². The predicted octanol–water partition coefficient (Wildman–Crippen LogP) is 2.57. The highest BCUT2D eigenvalue weighted by Crippen LogP contribution is 2.41. The van der Waals surface area contributed by atoms with E-state index in [1.807, 2.05) is 12.1 Å². The van der Waals surface area contributed by atoms with Gasteiger partial charge in [0.15, 0.2) is 0 Å². The Morgan fingerprint density at radius 1 is 1.43 bits per heavy atom. The molecule has 2 aliphatic heterocycles. The monoisotopic (exact) mass is 289 g/mol. The number of aryl methyl sites for hydroxylation is 1. The molecule has 4 heteroatoms. The molecule has 3 rings (SSSR count). The predicted molar refractivity (Wildman–Crippen MR) is 80.6 cm³/mol. The van der Waals surface area contributed by atoms with Crippen molar-refractivity contribution in [2.24, 2.45) is 5.92 Å². The van der Waals surface area contributed by atoms with Gasteiger partial charge < -0.3 is 9.84 Å². The first-order valence-electron chi connectivity index (χ1n) is 7.89. The van der Waals surface area contributed by atoms with Gasteiger partial charge in [-0.2, -0.15) is 0 Å². The number of fused-ring (bicyclic) bond motifs is 2. The molecule has 114 valence electrons. The number of hydrogen-bond acceptors (Lipinski definition) is 3. The SMILES string of the molecule is CCc1cccc(OCCN2C3CCC2C(C(=O)O)C3)c1. The molecule has 0 amide bonds. The van der Waals surface area contributed by atoms with Crippen LogP contribution in [-0.2, 0) is 11.2 Å². The molecule has 21 heavy (non-hydrogen) atoms. The molecule has 0 saturated carbocycles. The fourth-order valence-electron chi connectivity index (χ4n) is 3.84. The summed E-state index contributed by atoms with van der Waals surface area (Å²) in [4.78, 5) is 13.6. The largest absolute Gasteiger partial charge is 0.492 e. The van der Waals surface area contributed by atoms with Crippen molar-refractivity contribution in [2.75, 3.05) is 13.2 Å². The third-order valence-electron chi connectivity index (χ3n) is 4.92. The van der Waals surface area contributed by atoms with Crippen LogP contribution in [0.3, 0.4) is 0 Å². The lowest BCUT2D eigenvalue weighted by Gasteiger charge is -2.22. The van der Waals surface area contributed by atoms with Gasteiger partial charge in [-0.3, -0.25) is 9.69 Å². The second-order valence-electron chi connectivity index (χ2n) is 6.07. The van der Waals surface area contributed by atoms with Crippen molar-refractivity contribution in [1.29, 1.82) is 0 Å². The highest BCUT2D eigenvalue weighted by molar-refractivity contribution is 5.71. The van der Waals surface area contributed by atoms with Crippen molar-refractivity contribution >= 4 is 5.97 Å². The first-order chi connectivity index (χ1) is 10.2. The molecule has 0 aromatic heterocycles. The molecule has 0 aliphatic carbocycles. The molecular weight excluding hydrogens is 266 g/mol. The highest BCUT2D eigenvalue weighted by Gasteiger charge is 2.48. The van der Waals surface area contributed by atoms with Gasteiger partial charge in [0, 0.05) is 18.6 Å². The number of ether oxygens (including phenoxy) is 1. The average molecular weight is 289 g/mol. The molecule has 2 saturated heterocycles. The van der Waals surface area contributed by atoms with Crippen LogP contribution in [0.2, 0.25) is 0 Å². The van der Waals surface area contributed by atoms with Crippen LogP contribution < -0.4 is 4.74 Å². The molecule has 3 atom stereocenters. The fourth-order valence-corrected chi connectivity index (χ4v) is 3.84. The van der Waals surface area contributed by atoms with E-state index in [0.717, 1.165) is 38.0 Å². The lowest BCUT2D eigenvalue weighted by molar-refractivity contribution is -0.142. The number of nitrogens with zero attached hydrogens (tertiary/aromatic N) is 1. The summed E-state index contributed by atoms with van der Waals surface area (Å²) in [7, 11) is 0. The van der Waals surface area contributed by atoms with E-state index in [9.17, 15) is 9.90 Å². The first-order valence-corrected chi connectivity index (χ1v) is 7.89. The number of hydrogen-bond donors (Lipinski definition) is 1. The van der Waals surface area contributed by atoms with Gasteiger partial charge in [0.2, 0.25) is 0 Å². The minimum Gasteiger partial charge on any atom is -0.492 e. The molecule has 2 heterocycles. The Morgan fingerprint density at radius 3 is 3.00 bits per heavy atom. The summed E-state index contributed by atoms with van der Waals surface area (Å²) < 4.78 is 5.84. The second-order valence-corrected chi connectivity index (χ2v) is 6.07. The third-order valence-corrected chi connectivity index (χ3v) is 4.92. The van der Waals surface area contributed by atoms with Gasteiger partial charge in [0.1, 0.15) is 12.4 Å². The number of rotatable bonds is 6. The van der Waals surface area contributed by atoms with Gasteiger partial charge >= 0.3 is 5.97 Å². The van der Waals surface area contributed by atoms with Crippen molar-refractivity contribution in [3.05, 3.63) is 29.8 Å². The lowest BCUT2D eigenvalue weighted by atomic mass is 9.89. The van der Waals surface area contributed by atoms with Crippen LogP contribution in [0.4, 0.5) is 0 Å². The van der Waals surface area contributed by atoms with E-state index in [1.165, 1.54) is 5.56 Å². The van der Waals surface area contributed by atoms with Crippen molar-refractivity contribution in [3.8, 4) is 5.75 Å². The van der Waals surface area contributed by atoms with Gasteiger partial charge in [-0.05, 0) is 43.4 Å². The molecule has 1 N–H and O–H groups in total. The summed E-state index contributed by atoms with van der Waals surface area (Å²) in [5.41, 5.74) is 1.28. The van der Waals surface area contributed by atoms with E-state index in [4.69, 9.17) is 4.74 Å². The molecule has 3 unspecified atom stereocenters. The number of benzene rings is 1. The molecular formula is C17H23NO3. The van der Waals surface area contributed by atoms with Crippen LogP contribution in [0, 0.1) is 5.92 Å². The summed E-state index contributed by atoms with van der Waals surface area (Å²) in [5, 5.41) is 9.26. The Bertz CT molecular complexity index is 517. The second kappa shape index (κ2) is 6.06. The zero-order valence-electron chi connectivity index (χ0n) is 12.5. The lowest BCUT2D eigenvalue weighted by Crippen LogP contribution is -2.35. The summed E-state index contributed by atoms with van der Waals surface area (Å²) in [6.07, 6.45) is 3.98. The molecule has 2 fully saturated rings. The van der Waals surface area contributed by atoms with Gasteiger partial charge in [-0.1, -0.05) is 19.1 Å². The van der Waals surface area contributed by atoms with Crippen LogP contribution in [0.5, 0.6) is 5.75 Å². The van der Waals surface area contributed by atoms with E-state index in [2.05, 4.69) is 24.0 Å². The normalized spacial score (nSPS) is 28.0. The van der Waals surface area contributed by atoms with E-state index in [0.29, 0.717) is 12.6 Å². The molecule has 2 bridgehead atoms. The summed E-state index contributed by atoms with van der Waals surface area (Å²) in [5.74, 6) is 0.103. The molecule has 2 aliphatic rings. The number of carbonyl (C=O) groups is 1. The minimum atomic E-state index is -0.635. The molecule has 1 aromatic rings. The van der Waals surface area contributed by atoms with Gasteiger partial charge in [0.05, 0.1) is 5.92 Å². The molecule has 0 spiro atoms. The zero-order valence-corrected chi connectivity index (χ0v) is 12.5. The topological polar surface area (TPSA) is 49.8 Å². The minimum absolute atomic E-state index is 0.174. The van der Waals surface area contributed by atoms with Gasteiger partial charge in [-0.15, -0.1) is 0 Å². The number of carboxylic acid groups (broad SMARTS) is 1. The van der Waals surface area contributed by atoms with Crippen LogP contribution in [0.15, 0.2) is 24.3 Å². The Hall–Kier alpha value is -1.55. The Balaban J connectivity index is 1.53. The first kappa shape index (κ1) is 14.4. The Kier molecular flexibility index (Phi) is 4.15. The molecule has 4 nitrogen and oxygen atoms in total. The van der Waals surface area contributed by atoms with Crippen molar-refractivity contribution in [1.82, 2.24) is 4.90 Å². The van der Waals surface area contributed by atoms with E-state index >= 15 is 0 Å². The smallest absolute Gasteiger partial charge is 0.308 e. The van der Waals surface area contributed by atoms with Crippen molar-refractivity contribution in [2.45, 2.75) is 44.7 Å². The van der Waals surface area contributed by atoms with Gasteiger partial charge in [-0.25, -0.2) is 0 Å². The summed E-state index contributed by atoms with van der Waals surface area (Å²) >= 11 is 0. The fraction of sp³-hybridized carbons (Fsp3) is 0.588. The van der Waals surface area contributed by atoms with E-state index < -0.39 is 5.97 Å². The molecule has 1 aromatic carbocycles. The van der Waals surface area contributed by atoms with Crippen molar-refractivity contribution in [3.63, 3.8) is 0 Å². The Morgan fingerprint density at radius 2 is 2.29 bits per heavy atom. The summed E-state index contributed by atoms with van der Waals surface area (Å²) in [6, 6.07) is 8.86. The maximum atomic E-state index is 11.2. The van der Waals surface area contributed by atoms with Gasteiger partial charge in [0.25, 0.3) is 0 Å². The zero-order chi connectivity index (χ0) is 14.8. The van der Waals surface area contributed by atoms with Crippen LogP contribution in [0.1, 0.15) is 31.7 Å². The standard InChI is InChI=1S/C17H23NO3/c1-2-12-4-3-5-14(10-12)21-9-8-18-13-6-7-16(18)15(11-13)17(19)20/h3-5,10,13,15-16H,2,6-9,11H2,1H3,(H,19,20). The van der Waals surface area contributed by atoms with E-state index in [-0.39, 0.29) is 12.0 Å². The quantitative estimate of drug-likeness (QED) is 0.874. The Labute approximate surface area is 125 Å². The van der Waals surface area contributed by atoms with E-state index in [1.54, 1.807) is 0 Å². The molecule has 0 radical (unpaired) electrons. The van der Waals surface area contributed by atoms with Crippen LogP contribution in [0.25, 0.3) is 0 Å². The van der Waals surface area contributed by atoms with Crippen LogP contribution in [-0.4, -0.2) is 41.2 Å². The third kappa shape index (κ3) is 2.91. The number of carboxylic acids is 1. The highest BCUT2D eigenvalue weighted by atomic mass is 16.5.